The molecule has 0 heterocycles. The van der Waals surface area contributed by atoms with Crippen molar-refractivity contribution >= 4 is 18.3 Å². The molecular weight excluding hydrogens is 236 g/mol. The number of amides is 1. The van der Waals surface area contributed by atoms with Gasteiger partial charge in [-0.1, -0.05) is 13.3 Å². The van der Waals surface area contributed by atoms with Gasteiger partial charge in [-0.2, -0.15) is 0 Å². The van der Waals surface area contributed by atoms with Gasteiger partial charge < -0.3 is 10.6 Å². The molecule has 2 saturated carbocycles. The van der Waals surface area contributed by atoms with Gasteiger partial charge in [0.1, 0.15) is 0 Å². The molecule has 0 radical (unpaired) electrons. The van der Waals surface area contributed by atoms with Gasteiger partial charge in [0.05, 0.1) is 6.54 Å². The van der Waals surface area contributed by atoms with E-state index in [0.29, 0.717) is 12.0 Å². The predicted octanol–water partition coefficient (Wildman–Crippen LogP) is 2.10. The molecule has 3 nitrogen and oxygen atoms in total. The predicted molar refractivity (Wildman–Crippen MR) is 72.4 cm³/mol. The third-order valence-corrected chi connectivity index (χ3v) is 3.81. The van der Waals surface area contributed by atoms with Crippen molar-refractivity contribution in [1.82, 2.24) is 10.6 Å². The van der Waals surface area contributed by atoms with Gasteiger partial charge in [-0.15, -0.1) is 12.4 Å². The number of hydrogen-bond donors (Lipinski definition) is 2. The van der Waals surface area contributed by atoms with E-state index in [1.54, 1.807) is 0 Å². The largest absolute Gasteiger partial charge is 0.354 e. The van der Waals surface area contributed by atoms with Crippen LogP contribution >= 0.6 is 12.4 Å². The van der Waals surface area contributed by atoms with Crippen LogP contribution in [-0.4, -0.2) is 25.5 Å². The van der Waals surface area contributed by atoms with Crippen molar-refractivity contribution in [2.75, 3.05) is 19.6 Å². The summed E-state index contributed by atoms with van der Waals surface area (Å²) in [5.41, 5.74) is 0.473. The maximum atomic E-state index is 11.6. The monoisotopic (exact) mass is 260 g/mol. The van der Waals surface area contributed by atoms with Gasteiger partial charge in [-0.3, -0.25) is 4.79 Å². The fourth-order valence-corrected chi connectivity index (χ4v) is 2.28. The molecule has 100 valence electrons. The van der Waals surface area contributed by atoms with Gasteiger partial charge in [-0.05, 0) is 50.0 Å². The molecule has 0 aromatic rings. The maximum absolute atomic E-state index is 11.6. The minimum absolute atomic E-state index is 0. The van der Waals surface area contributed by atoms with Gasteiger partial charge in [0.15, 0.2) is 0 Å². The molecular formula is C13H25ClN2O. The van der Waals surface area contributed by atoms with Crippen molar-refractivity contribution in [3.63, 3.8) is 0 Å². The highest BCUT2D eigenvalue weighted by molar-refractivity contribution is 5.85. The zero-order valence-corrected chi connectivity index (χ0v) is 11.6. The number of carbonyl (C=O) groups is 1. The number of carbonyl (C=O) groups excluding carboxylic acids is 1. The van der Waals surface area contributed by atoms with E-state index in [1.807, 2.05) is 0 Å². The molecule has 2 rings (SSSR count). The Bertz CT molecular complexity index is 250. The summed E-state index contributed by atoms with van der Waals surface area (Å²) in [5.74, 6) is 1.02. The van der Waals surface area contributed by atoms with E-state index in [2.05, 4.69) is 17.6 Å². The van der Waals surface area contributed by atoms with Crippen LogP contribution < -0.4 is 10.6 Å². The molecule has 0 unspecified atom stereocenters. The average Bonchev–Trinajstić information content (AvgIpc) is 3.12. The van der Waals surface area contributed by atoms with Gasteiger partial charge in [0.25, 0.3) is 0 Å². The molecule has 0 spiro atoms. The van der Waals surface area contributed by atoms with Crippen LogP contribution in [0.3, 0.4) is 0 Å². The number of nitrogens with one attached hydrogen (secondary N) is 2. The lowest BCUT2D eigenvalue weighted by atomic mass is 10.0. The fraction of sp³-hybridized carbons (Fsp3) is 0.923. The molecule has 2 aliphatic rings. The Kier molecular flexibility index (Phi) is 5.74. The minimum atomic E-state index is 0. The van der Waals surface area contributed by atoms with Crippen LogP contribution in [0.15, 0.2) is 0 Å². The second-order valence-corrected chi connectivity index (χ2v) is 5.60. The van der Waals surface area contributed by atoms with Crippen LogP contribution in [0.25, 0.3) is 0 Å². The Morgan fingerprint density at radius 2 is 2.06 bits per heavy atom. The quantitative estimate of drug-likeness (QED) is 0.702. The highest BCUT2D eigenvalue weighted by Gasteiger charge is 2.41. The van der Waals surface area contributed by atoms with E-state index < -0.39 is 0 Å². The van der Waals surface area contributed by atoms with Gasteiger partial charge in [-0.25, -0.2) is 0 Å². The summed E-state index contributed by atoms with van der Waals surface area (Å²) in [6.45, 7) is 4.64. The van der Waals surface area contributed by atoms with E-state index in [0.717, 1.165) is 19.0 Å². The van der Waals surface area contributed by atoms with Crippen molar-refractivity contribution in [1.29, 1.82) is 0 Å². The van der Waals surface area contributed by atoms with Crippen LogP contribution in [0.2, 0.25) is 0 Å². The van der Waals surface area contributed by atoms with Gasteiger partial charge in [0.2, 0.25) is 5.91 Å². The molecule has 2 aliphatic carbocycles. The Labute approximate surface area is 111 Å². The van der Waals surface area contributed by atoms with Crippen LogP contribution in [-0.2, 0) is 4.79 Å². The SMILES string of the molecule is CCCC1(CNC(=O)CNCC2CC2)CC1.Cl. The highest BCUT2D eigenvalue weighted by atomic mass is 35.5. The third kappa shape index (κ3) is 5.26. The summed E-state index contributed by atoms with van der Waals surface area (Å²) in [7, 11) is 0. The van der Waals surface area contributed by atoms with Gasteiger partial charge >= 0.3 is 0 Å². The Morgan fingerprint density at radius 1 is 1.35 bits per heavy atom. The number of hydrogen-bond acceptors (Lipinski definition) is 2. The summed E-state index contributed by atoms with van der Waals surface area (Å²) < 4.78 is 0. The molecule has 17 heavy (non-hydrogen) atoms. The minimum Gasteiger partial charge on any atom is -0.354 e. The maximum Gasteiger partial charge on any atom is 0.233 e. The van der Waals surface area contributed by atoms with E-state index in [9.17, 15) is 4.79 Å². The second-order valence-electron chi connectivity index (χ2n) is 5.60. The van der Waals surface area contributed by atoms with E-state index >= 15 is 0 Å². The standard InChI is InChI=1S/C13H24N2O.ClH/c1-2-5-13(6-7-13)10-15-12(16)9-14-8-11-3-4-11;/h11,14H,2-10H2,1H3,(H,15,16);1H. The first-order chi connectivity index (χ1) is 7.74. The average molecular weight is 261 g/mol. The normalized spacial score (nSPS) is 20.5. The summed E-state index contributed by atoms with van der Waals surface area (Å²) in [4.78, 5) is 11.6. The third-order valence-electron chi connectivity index (χ3n) is 3.81. The number of rotatable bonds is 8. The van der Waals surface area contributed by atoms with Crippen LogP contribution in [0, 0.1) is 11.3 Å². The molecule has 0 aromatic heterocycles. The molecule has 2 fully saturated rings. The number of halogens is 1. The van der Waals surface area contributed by atoms with E-state index in [-0.39, 0.29) is 18.3 Å². The Hall–Kier alpha value is -0.280. The molecule has 0 saturated heterocycles. The second kappa shape index (κ2) is 6.60. The van der Waals surface area contributed by atoms with Crippen LogP contribution in [0.1, 0.15) is 45.4 Å². The summed E-state index contributed by atoms with van der Waals surface area (Å²) in [6.07, 6.45) is 7.79. The van der Waals surface area contributed by atoms with Crippen molar-refractivity contribution in [2.24, 2.45) is 11.3 Å². The molecule has 4 heteroatoms. The molecule has 0 aromatic carbocycles. The van der Waals surface area contributed by atoms with Crippen molar-refractivity contribution in [2.45, 2.75) is 45.4 Å². The van der Waals surface area contributed by atoms with Gasteiger partial charge in [0, 0.05) is 6.54 Å². The zero-order chi connectivity index (χ0) is 11.4. The summed E-state index contributed by atoms with van der Waals surface area (Å²) >= 11 is 0. The van der Waals surface area contributed by atoms with E-state index in [4.69, 9.17) is 0 Å². The molecule has 1 amide bonds. The summed E-state index contributed by atoms with van der Waals surface area (Å²) in [6, 6.07) is 0. The Morgan fingerprint density at radius 3 is 2.59 bits per heavy atom. The topological polar surface area (TPSA) is 41.1 Å². The first-order valence-electron chi connectivity index (χ1n) is 6.71. The first-order valence-corrected chi connectivity index (χ1v) is 6.71. The molecule has 0 atom stereocenters. The Balaban J connectivity index is 0.00000144. The molecule has 0 aliphatic heterocycles. The van der Waals surface area contributed by atoms with Crippen LogP contribution in [0.5, 0.6) is 0 Å². The zero-order valence-electron chi connectivity index (χ0n) is 10.8. The van der Waals surface area contributed by atoms with E-state index in [1.165, 1.54) is 38.5 Å². The lowest BCUT2D eigenvalue weighted by Crippen LogP contribution is -2.37. The smallest absolute Gasteiger partial charge is 0.233 e. The van der Waals surface area contributed by atoms with Crippen molar-refractivity contribution in [3.8, 4) is 0 Å². The first kappa shape index (κ1) is 14.8. The fourth-order valence-electron chi connectivity index (χ4n) is 2.28. The van der Waals surface area contributed by atoms with Crippen molar-refractivity contribution < 1.29 is 4.79 Å². The lowest BCUT2D eigenvalue weighted by molar-refractivity contribution is -0.120. The molecule has 0 bridgehead atoms. The highest BCUT2D eigenvalue weighted by Crippen LogP contribution is 2.48. The molecule has 2 N–H and O–H groups in total. The van der Waals surface area contributed by atoms with Crippen molar-refractivity contribution in [3.05, 3.63) is 0 Å². The van der Waals surface area contributed by atoms with Crippen LogP contribution in [0.4, 0.5) is 0 Å². The lowest BCUT2D eigenvalue weighted by Gasteiger charge is -2.15. The summed E-state index contributed by atoms with van der Waals surface area (Å²) in [5, 5.41) is 6.29.